The van der Waals surface area contributed by atoms with Gasteiger partial charge in [0.05, 0.1) is 19.4 Å². The van der Waals surface area contributed by atoms with Crippen molar-refractivity contribution in [3.63, 3.8) is 0 Å². The number of rotatable bonds is 9. The van der Waals surface area contributed by atoms with Crippen LogP contribution in [0.15, 0.2) is 42.5 Å². The molecule has 0 saturated heterocycles. The van der Waals surface area contributed by atoms with Crippen LogP contribution in [0.2, 0.25) is 5.02 Å². The number of ether oxygens (including phenoxy) is 3. The highest BCUT2D eigenvalue weighted by Gasteiger charge is 2.19. The Balaban J connectivity index is 1.72. The number of para-hydroxylation sites is 2. The standard InChI is InChI=1S/C21H24ClNO5/c1-14-13-16(10-11-17(14)22)27-12-6-9-20(24)28-15(2)21(25)23-18-7-4-5-8-19(18)26-3/h4-5,7-8,10-11,13,15H,6,9,12H2,1-3H3,(H,23,25)/t15-/m0/s1. The van der Waals surface area contributed by atoms with Crippen LogP contribution in [-0.2, 0) is 14.3 Å². The molecule has 0 heterocycles. The molecule has 7 heteroatoms. The highest BCUT2D eigenvalue weighted by molar-refractivity contribution is 6.31. The normalized spacial score (nSPS) is 11.4. The lowest BCUT2D eigenvalue weighted by atomic mass is 10.2. The third-order valence-electron chi connectivity index (χ3n) is 3.97. The van der Waals surface area contributed by atoms with Crippen LogP contribution in [0.1, 0.15) is 25.3 Å². The fraction of sp³-hybridized carbons (Fsp3) is 0.333. The van der Waals surface area contributed by atoms with Gasteiger partial charge in [0.1, 0.15) is 11.5 Å². The van der Waals surface area contributed by atoms with Crippen LogP contribution in [0.25, 0.3) is 0 Å². The molecule has 0 spiro atoms. The van der Waals surface area contributed by atoms with Crippen LogP contribution < -0.4 is 14.8 Å². The first-order valence-electron chi connectivity index (χ1n) is 8.93. The van der Waals surface area contributed by atoms with E-state index in [4.69, 9.17) is 25.8 Å². The van der Waals surface area contributed by atoms with Crippen LogP contribution >= 0.6 is 11.6 Å². The number of hydrogen-bond donors (Lipinski definition) is 1. The maximum absolute atomic E-state index is 12.2. The van der Waals surface area contributed by atoms with Crippen molar-refractivity contribution in [2.24, 2.45) is 0 Å². The molecule has 0 saturated carbocycles. The average Bonchev–Trinajstić information content (AvgIpc) is 2.68. The summed E-state index contributed by atoms with van der Waals surface area (Å²) in [7, 11) is 1.52. The van der Waals surface area contributed by atoms with E-state index in [0.717, 1.165) is 5.56 Å². The van der Waals surface area contributed by atoms with Crippen molar-refractivity contribution in [3.8, 4) is 11.5 Å². The zero-order valence-corrected chi connectivity index (χ0v) is 16.9. The molecule has 2 rings (SSSR count). The van der Waals surface area contributed by atoms with E-state index in [1.165, 1.54) is 14.0 Å². The maximum atomic E-state index is 12.2. The average molecular weight is 406 g/mol. The van der Waals surface area contributed by atoms with Gasteiger partial charge in [0.25, 0.3) is 5.91 Å². The Bertz CT molecular complexity index is 824. The smallest absolute Gasteiger partial charge is 0.306 e. The molecule has 6 nitrogen and oxygen atoms in total. The monoisotopic (exact) mass is 405 g/mol. The summed E-state index contributed by atoms with van der Waals surface area (Å²) < 4.78 is 15.9. The van der Waals surface area contributed by atoms with Crippen molar-refractivity contribution >= 4 is 29.2 Å². The number of halogens is 1. The molecule has 28 heavy (non-hydrogen) atoms. The van der Waals surface area contributed by atoms with E-state index < -0.39 is 18.0 Å². The summed E-state index contributed by atoms with van der Waals surface area (Å²) in [6.45, 7) is 3.78. The van der Waals surface area contributed by atoms with Crippen LogP contribution in [0.5, 0.6) is 11.5 Å². The van der Waals surface area contributed by atoms with Gasteiger partial charge in [0.15, 0.2) is 6.10 Å². The quantitative estimate of drug-likeness (QED) is 0.494. The van der Waals surface area contributed by atoms with E-state index in [-0.39, 0.29) is 6.42 Å². The summed E-state index contributed by atoms with van der Waals surface area (Å²) in [6.07, 6.45) is -0.294. The zero-order valence-electron chi connectivity index (χ0n) is 16.2. The van der Waals surface area contributed by atoms with Gasteiger partial charge in [-0.05, 0) is 56.2 Å². The summed E-state index contributed by atoms with van der Waals surface area (Å²) in [5.41, 5.74) is 1.44. The molecule has 0 aliphatic carbocycles. The van der Waals surface area contributed by atoms with Crippen molar-refractivity contribution in [1.82, 2.24) is 0 Å². The molecule has 2 aromatic carbocycles. The Morgan fingerprint density at radius 2 is 1.93 bits per heavy atom. The Labute approximate surface area is 169 Å². The predicted octanol–water partition coefficient (Wildman–Crippen LogP) is 4.39. The van der Waals surface area contributed by atoms with E-state index >= 15 is 0 Å². The van der Waals surface area contributed by atoms with Gasteiger partial charge in [0, 0.05) is 11.4 Å². The van der Waals surface area contributed by atoms with Gasteiger partial charge in [0.2, 0.25) is 0 Å². The molecular formula is C21H24ClNO5. The van der Waals surface area contributed by atoms with Crippen molar-refractivity contribution in [2.45, 2.75) is 32.8 Å². The molecule has 0 aliphatic rings. The Morgan fingerprint density at radius 1 is 1.18 bits per heavy atom. The summed E-state index contributed by atoms with van der Waals surface area (Å²) in [4.78, 5) is 24.2. The number of nitrogens with one attached hydrogen (secondary N) is 1. The van der Waals surface area contributed by atoms with Crippen LogP contribution in [0.3, 0.4) is 0 Å². The van der Waals surface area contributed by atoms with Crippen LogP contribution in [-0.4, -0.2) is 31.7 Å². The van der Waals surface area contributed by atoms with Gasteiger partial charge in [-0.25, -0.2) is 0 Å². The molecule has 1 N–H and O–H groups in total. The zero-order chi connectivity index (χ0) is 20.5. The van der Waals surface area contributed by atoms with Gasteiger partial charge in [-0.2, -0.15) is 0 Å². The van der Waals surface area contributed by atoms with Crippen molar-refractivity contribution in [3.05, 3.63) is 53.1 Å². The number of esters is 1. The summed E-state index contributed by atoms with van der Waals surface area (Å²) in [6, 6.07) is 12.4. The lowest BCUT2D eigenvalue weighted by Gasteiger charge is -2.15. The van der Waals surface area contributed by atoms with Gasteiger partial charge in [-0.15, -0.1) is 0 Å². The number of amides is 1. The Hall–Kier alpha value is -2.73. The number of anilines is 1. The van der Waals surface area contributed by atoms with Crippen LogP contribution in [0.4, 0.5) is 5.69 Å². The summed E-state index contributed by atoms with van der Waals surface area (Å²) in [5, 5.41) is 3.37. The first-order chi connectivity index (χ1) is 13.4. The minimum Gasteiger partial charge on any atom is -0.495 e. The number of methoxy groups -OCH3 is 1. The molecule has 0 radical (unpaired) electrons. The topological polar surface area (TPSA) is 73.9 Å². The molecule has 1 atom stereocenters. The highest BCUT2D eigenvalue weighted by Crippen LogP contribution is 2.23. The second kappa shape index (κ2) is 10.6. The van der Waals surface area contributed by atoms with E-state index in [2.05, 4.69) is 5.32 Å². The lowest BCUT2D eigenvalue weighted by molar-refractivity contribution is -0.153. The molecule has 0 aromatic heterocycles. The van der Waals surface area contributed by atoms with Crippen molar-refractivity contribution in [1.29, 1.82) is 0 Å². The second-order valence-corrected chi connectivity index (χ2v) is 6.59. The van der Waals surface area contributed by atoms with Gasteiger partial charge in [-0.3, -0.25) is 9.59 Å². The number of hydrogen-bond acceptors (Lipinski definition) is 5. The number of aryl methyl sites for hydroxylation is 1. The molecule has 0 fully saturated rings. The predicted molar refractivity (Wildman–Crippen MR) is 108 cm³/mol. The third-order valence-corrected chi connectivity index (χ3v) is 4.39. The van der Waals surface area contributed by atoms with E-state index in [0.29, 0.717) is 35.2 Å². The van der Waals surface area contributed by atoms with Crippen LogP contribution in [0, 0.1) is 6.92 Å². The number of benzene rings is 2. The van der Waals surface area contributed by atoms with E-state index in [1.54, 1.807) is 36.4 Å². The molecule has 0 aliphatic heterocycles. The van der Waals surface area contributed by atoms with Crippen molar-refractivity contribution < 1.29 is 23.8 Å². The SMILES string of the molecule is COc1ccccc1NC(=O)[C@H](C)OC(=O)CCCOc1ccc(Cl)c(C)c1. The lowest BCUT2D eigenvalue weighted by Crippen LogP contribution is -2.30. The molecule has 1 amide bonds. The molecular weight excluding hydrogens is 382 g/mol. The van der Waals surface area contributed by atoms with Gasteiger partial charge < -0.3 is 19.5 Å². The largest absolute Gasteiger partial charge is 0.495 e. The Morgan fingerprint density at radius 3 is 2.64 bits per heavy atom. The Kier molecular flexibility index (Phi) is 8.14. The van der Waals surface area contributed by atoms with E-state index in [1.807, 2.05) is 13.0 Å². The fourth-order valence-corrected chi connectivity index (χ4v) is 2.52. The summed E-state index contributed by atoms with van der Waals surface area (Å²) >= 11 is 5.97. The molecule has 0 unspecified atom stereocenters. The second-order valence-electron chi connectivity index (χ2n) is 6.18. The molecule has 2 aromatic rings. The number of carbonyl (C=O) groups is 2. The number of carbonyl (C=O) groups excluding carboxylic acids is 2. The minimum atomic E-state index is -0.919. The highest BCUT2D eigenvalue weighted by atomic mass is 35.5. The molecule has 150 valence electrons. The van der Waals surface area contributed by atoms with Crippen molar-refractivity contribution in [2.75, 3.05) is 19.0 Å². The maximum Gasteiger partial charge on any atom is 0.306 e. The fourth-order valence-electron chi connectivity index (χ4n) is 2.41. The first-order valence-corrected chi connectivity index (χ1v) is 9.31. The molecule has 0 bridgehead atoms. The van der Waals surface area contributed by atoms with Gasteiger partial charge >= 0.3 is 5.97 Å². The summed E-state index contributed by atoms with van der Waals surface area (Å²) in [5.74, 6) is 0.341. The third kappa shape index (κ3) is 6.46. The van der Waals surface area contributed by atoms with E-state index in [9.17, 15) is 9.59 Å². The minimum absolute atomic E-state index is 0.152. The van der Waals surface area contributed by atoms with Gasteiger partial charge in [-0.1, -0.05) is 23.7 Å². The first kappa shape index (κ1) is 21.6.